The molecule has 12 heteroatoms. The fourth-order valence-electron chi connectivity index (χ4n) is 3.45. The van der Waals surface area contributed by atoms with Gasteiger partial charge in [-0.3, -0.25) is 4.90 Å². The minimum Gasteiger partial charge on any atom is -0.465 e. The molecule has 1 saturated heterocycles. The molecule has 0 spiro atoms. The van der Waals surface area contributed by atoms with Crippen molar-refractivity contribution in [3.63, 3.8) is 0 Å². The maximum atomic E-state index is 13.1. The van der Waals surface area contributed by atoms with Crippen LogP contribution in [0.4, 0.5) is 29.5 Å². The number of carbonyl (C=O) groups excluding carboxylic acids is 2. The number of alkyl halides is 3. The fraction of sp³-hybridized carbons (Fsp3) is 0.458. The van der Waals surface area contributed by atoms with Gasteiger partial charge in [-0.1, -0.05) is 0 Å². The predicted octanol–water partition coefficient (Wildman–Crippen LogP) is 4.37. The molecule has 3 rings (SSSR count). The Labute approximate surface area is 207 Å². The first kappa shape index (κ1) is 27.1. The Hall–Kier alpha value is -3.54. The number of ether oxygens (including phenoxy) is 3. The largest absolute Gasteiger partial charge is 0.465 e. The van der Waals surface area contributed by atoms with Crippen LogP contribution in [0.15, 0.2) is 36.5 Å². The third-order valence-corrected chi connectivity index (χ3v) is 5.03. The number of benzene rings is 1. The molecule has 2 aromatic rings. The van der Waals surface area contributed by atoms with Gasteiger partial charge < -0.3 is 24.4 Å². The van der Waals surface area contributed by atoms with Crippen molar-refractivity contribution in [2.75, 3.05) is 49.6 Å². The Morgan fingerprint density at radius 2 is 1.81 bits per heavy atom. The number of piperazine rings is 1. The zero-order valence-electron chi connectivity index (χ0n) is 20.5. The van der Waals surface area contributed by atoms with Gasteiger partial charge in [0.15, 0.2) is 0 Å². The zero-order chi connectivity index (χ0) is 26.5. The highest BCUT2D eigenvalue weighted by Gasteiger charge is 2.36. The topological polar surface area (TPSA) is 93.2 Å². The predicted molar refractivity (Wildman–Crippen MR) is 127 cm³/mol. The minimum absolute atomic E-state index is 0.150. The van der Waals surface area contributed by atoms with Gasteiger partial charge >= 0.3 is 18.2 Å². The number of rotatable bonds is 6. The van der Waals surface area contributed by atoms with Crippen molar-refractivity contribution in [3.05, 3.63) is 42.1 Å². The van der Waals surface area contributed by atoms with Crippen molar-refractivity contribution in [2.45, 2.75) is 32.5 Å². The second kappa shape index (κ2) is 11.0. The van der Waals surface area contributed by atoms with E-state index in [4.69, 9.17) is 14.2 Å². The van der Waals surface area contributed by atoms with Crippen LogP contribution in [0, 0.1) is 0 Å². The number of halogens is 3. The molecule has 0 bridgehead atoms. The van der Waals surface area contributed by atoms with Gasteiger partial charge in [0.2, 0.25) is 0 Å². The Morgan fingerprint density at radius 1 is 1.11 bits per heavy atom. The second-order valence-electron chi connectivity index (χ2n) is 9.04. The van der Waals surface area contributed by atoms with Crippen LogP contribution in [0.3, 0.4) is 0 Å². The van der Waals surface area contributed by atoms with E-state index in [1.807, 2.05) is 0 Å². The van der Waals surface area contributed by atoms with Crippen LogP contribution in [0.25, 0.3) is 0 Å². The SMILES string of the molecule is COC(=O)c1ccc(N2CCNCC2)cc1Oc1ccc(N(CC(F)(F)F)C(=O)OC(C)(C)C)nc1. The molecule has 0 unspecified atom stereocenters. The zero-order valence-corrected chi connectivity index (χ0v) is 20.5. The van der Waals surface area contributed by atoms with Crippen LogP contribution in [-0.2, 0) is 9.47 Å². The number of hydrogen-bond donors (Lipinski definition) is 1. The van der Waals surface area contributed by atoms with E-state index in [0.717, 1.165) is 31.9 Å². The summed E-state index contributed by atoms with van der Waals surface area (Å²) in [7, 11) is 1.25. The third kappa shape index (κ3) is 7.48. The molecule has 196 valence electrons. The van der Waals surface area contributed by atoms with Crippen molar-refractivity contribution >= 4 is 23.6 Å². The fourth-order valence-corrected chi connectivity index (χ4v) is 3.45. The van der Waals surface area contributed by atoms with Gasteiger partial charge in [0, 0.05) is 37.9 Å². The molecule has 0 radical (unpaired) electrons. The van der Waals surface area contributed by atoms with Crippen molar-refractivity contribution in [1.82, 2.24) is 10.3 Å². The number of methoxy groups -OCH3 is 1. The van der Waals surface area contributed by atoms with Gasteiger partial charge in [-0.25, -0.2) is 14.6 Å². The summed E-state index contributed by atoms with van der Waals surface area (Å²) in [5.74, 6) is -0.524. The summed E-state index contributed by atoms with van der Waals surface area (Å²) in [4.78, 5) is 31.2. The first-order valence-corrected chi connectivity index (χ1v) is 11.3. The number of hydrogen-bond acceptors (Lipinski definition) is 8. The third-order valence-electron chi connectivity index (χ3n) is 5.03. The van der Waals surface area contributed by atoms with Gasteiger partial charge in [0.1, 0.15) is 35.0 Å². The lowest BCUT2D eigenvalue weighted by atomic mass is 10.1. The van der Waals surface area contributed by atoms with Crippen LogP contribution in [-0.4, -0.2) is 68.7 Å². The van der Waals surface area contributed by atoms with Crippen LogP contribution in [0.5, 0.6) is 11.5 Å². The van der Waals surface area contributed by atoms with Crippen LogP contribution >= 0.6 is 0 Å². The molecule has 9 nitrogen and oxygen atoms in total. The van der Waals surface area contributed by atoms with E-state index < -0.39 is 30.4 Å². The number of nitrogens with one attached hydrogen (secondary N) is 1. The van der Waals surface area contributed by atoms with E-state index in [9.17, 15) is 22.8 Å². The van der Waals surface area contributed by atoms with E-state index in [-0.39, 0.29) is 22.9 Å². The summed E-state index contributed by atoms with van der Waals surface area (Å²) >= 11 is 0. The monoisotopic (exact) mass is 510 g/mol. The lowest BCUT2D eigenvalue weighted by molar-refractivity contribution is -0.119. The lowest BCUT2D eigenvalue weighted by Crippen LogP contribution is -2.43. The standard InChI is InChI=1S/C24H29F3N4O5/c1-23(2,3)36-22(33)31(15-24(25,26)27)20-8-6-17(14-29-20)35-19-13-16(30-11-9-28-10-12-30)5-7-18(19)21(32)34-4/h5-8,13-14,28H,9-12,15H2,1-4H3. The highest BCUT2D eigenvalue weighted by atomic mass is 19.4. The molecule has 0 aliphatic carbocycles. The molecule has 1 aromatic carbocycles. The average molecular weight is 511 g/mol. The first-order chi connectivity index (χ1) is 16.9. The normalized spacial score (nSPS) is 14.2. The summed E-state index contributed by atoms with van der Waals surface area (Å²) in [5, 5.41) is 3.26. The summed E-state index contributed by atoms with van der Waals surface area (Å²) in [6, 6.07) is 7.65. The number of nitrogens with zero attached hydrogens (tertiary/aromatic N) is 3. The van der Waals surface area contributed by atoms with Crippen LogP contribution in [0.2, 0.25) is 0 Å². The van der Waals surface area contributed by atoms with E-state index >= 15 is 0 Å². The second-order valence-corrected chi connectivity index (χ2v) is 9.04. The average Bonchev–Trinajstić information content (AvgIpc) is 2.81. The molecule has 0 atom stereocenters. The van der Waals surface area contributed by atoms with Crippen molar-refractivity contribution < 1.29 is 37.0 Å². The lowest BCUT2D eigenvalue weighted by Gasteiger charge is -2.30. The van der Waals surface area contributed by atoms with Gasteiger partial charge in [0.05, 0.1) is 13.3 Å². The molecular weight excluding hydrogens is 481 g/mol. The minimum atomic E-state index is -4.67. The number of pyridine rings is 1. The number of anilines is 2. The van der Waals surface area contributed by atoms with E-state index in [1.165, 1.54) is 25.4 Å². The molecule has 1 N–H and O–H groups in total. The van der Waals surface area contributed by atoms with Gasteiger partial charge in [-0.15, -0.1) is 0 Å². The van der Waals surface area contributed by atoms with Gasteiger partial charge in [-0.05, 0) is 45.0 Å². The maximum absolute atomic E-state index is 13.1. The Bertz CT molecular complexity index is 1060. The van der Waals surface area contributed by atoms with Crippen molar-refractivity contribution in [1.29, 1.82) is 0 Å². The summed E-state index contributed by atoms with van der Waals surface area (Å²) in [6.07, 6.45) is -4.69. The highest BCUT2D eigenvalue weighted by Crippen LogP contribution is 2.32. The van der Waals surface area contributed by atoms with Gasteiger partial charge in [-0.2, -0.15) is 13.2 Å². The summed E-state index contributed by atoms with van der Waals surface area (Å²) < 4.78 is 55.3. The number of esters is 1. The number of carbonyl (C=O) groups is 2. The molecule has 0 saturated carbocycles. The number of aromatic nitrogens is 1. The first-order valence-electron chi connectivity index (χ1n) is 11.3. The molecule has 1 aliphatic heterocycles. The number of amides is 1. The molecule has 1 fully saturated rings. The maximum Gasteiger partial charge on any atom is 0.416 e. The van der Waals surface area contributed by atoms with Crippen LogP contribution in [0.1, 0.15) is 31.1 Å². The summed E-state index contributed by atoms with van der Waals surface area (Å²) in [5.41, 5.74) is 0.0156. The smallest absolute Gasteiger partial charge is 0.416 e. The molecule has 1 aliphatic rings. The van der Waals surface area contributed by atoms with Crippen LogP contribution < -0.4 is 19.9 Å². The Balaban J connectivity index is 1.87. The highest BCUT2D eigenvalue weighted by molar-refractivity contribution is 5.93. The Kier molecular flexibility index (Phi) is 8.28. The molecule has 36 heavy (non-hydrogen) atoms. The van der Waals surface area contributed by atoms with E-state index in [2.05, 4.69) is 15.2 Å². The van der Waals surface area contributed by atoms with Crippen molar-refractivity contribution in [2.24, 2.45) is 0 Å². The quantitative estimate of drug-likeness (QED) is 0.573. The molecular formula is C24H29F3N4O5. The molecule has 2 heterocycles. The molecule has 1 aromatic heterocycles. The van der Waals surface area contributed by atoms with Crippen molar-refractivity contribution in [3.8, 4) is 11.5 Å². The van der Waals surface area contributed by atoms with Gasteiger partial charge in [0.25, 0.3) is 0 Å². The van der Waals surface area contributed by atoms with E-state index in [0.29, 0.717) is 4.90 Å². The van der Waals surface area contributed by atoms with E-state index in [1.54, 1.807) is 39.0 Å². The Morgan fingerprint density at radius 3 is 2.36 bits per heavy atom. The summed E-state index contributed by atoms with van der Waals surface area (Å²) in [6.45, 7) is 6.24. The molecule has 1 amide bonds.